The molecular formula is C23H23N3OS. The van der Waals surface area contributed by atoms with Gasteiger partial charge in [-0.2, -0.15) is 0 Å². The maximum Gasteiger partial charge on any atom is 0.195 e. The van der Waals surface area contributed by atoms with E-state index < -0.39 is 0 Å². The van der Waals surface area contributed by atoms with Crippen molar-refractivity contribution in [2.24, 2.45) is 0 Å². The van der Waals surface area contributed by atoms with Crippen molar-refractivity contribution in [2.45, 2.75) is 9.79 Å². The molecule has 0 spiro atoms. The number of ketones is 1. The van der Waals surface area contributed by atoms with E-state index >= 15 is 0 Å². The summed E-state index contributed by atoms with van der Waals surface area (Å²) in [6.07, 6.45) is 0. The van der Waals surface area contributed by atoms with E-state index in [1.165, 1.54) is 0 Å². The summed E-state index contributed by atoms with van der Waals surface area (Å²) in [5, 5.41) is 3.51. The van der Waals surface area contributed by atoms with Crippen LogP contribution in [-0.2, 0) is 0 Å². The molecule has 28 heavy (non-hydrogen) atoms. The summed E-state index contributed by atoms with van der Waals surface area (Å²) in [4.78, 5) is 19.6. The van der Waals surface area contributed by atoms with Gasteiger partial charge < -0.3 is 15.1 Å². The highest BCUT2D eigenvalue weighted by molar-refractivity contribution is 7.99. The quantitative estimate of drug-likeness (QED) is 0.482. The third-order valence-corrected chi connectivity index (χ3v) is 5.94. The van der Waals surface area contributed by atoms with Gasteiger partial charge in [-0.25, -0.2) is 0 Å². The number of fused-ring (bicyclic) bond motifs is 2. The van der Waals surface area contributed by atoms with E-state index in [2.05, 4.69) is 34.5 Å². The molecule has 0 aliphatic carbocycles. The average molecular weight is 390 g/mol. The molecule has 142 valence electrons. The second-order valence-electron chi connectivity index (χ2n) is 7.26. The molecule has 3 aromatic rings. The van der Waals surface area contributed by atoms with Gasteiger partial charge in [-0.3, -0.25) is 4.79 Å². The van der Waals surface area contributed by atoms with Crippen LogP contribution >= 0.6 is 11.8 Å². The predicted molar refractivity (Wildman–Crippen MR) is 119 cm³/mol. The first-order valence-electron chi connectivity index (χ1n) is 9.15. The number of carbonyl (C=O) groups excluding carboxylic acids is 1. The molecule has 0 unspecified atom stereocenters. The molecule has 1 N–H and O–H groups in total. The largest absolute Gasteiger partial charge is 0.378 e. The normalized spacial score (nSPS) is 11.9. The van der Waals surface area contributed by atoms with Crippen molar-refractivity contribution in [3.05, 3.63) is 71.8 Å². The Hall–Kier alpha value is -2.92. The summed E-state index contributed by atoms with van der Waals surface area (Å²) in [5.41, 5.74) is 5.47. The molecule has 5 heteroatoms. The smallest absolute Gasteiger partial charge is 0.195 e. The first kappa shape index (κ1) is 18.4. The van der Waals surface area contributed by atoms with Gasteiger partial charge in [0.2, 0.25) is 0 Å². The van der Waals surface area contributed by atoms with Crippen LogP contribution in [0.25, 0.3) is 0 Å². The van der Waals surface area contributed by atoms with Crippen LogP contribution < -0.4 is 15.1 Å². The molecule has 0 saturated heterocycles. The van der Waals surface area contributed by atoms with E-state index in [-0.39, 0.29) is 5.78 Å². The van der Waals surface area contributed by atoms with Crippen LogP contribution in [-0.4, -0.2) is 34.0 Å². The van der Waals surface area contributed by atoms with Gasteiger partial charge in [0.25, 0.3) is 0 Å². The van der Waals surface area contributed by atoms with Gasteiger partial charge >= 0.3 is 0 Å². The molecule has 0 fully saturated rings. The average Bonchev–Trinajstić information content (AvgIpc) is 2.71. The molecule has 0 bridgehead atoms. The summed E-state index contributed by atoms with van der Waals surface area (Å²) in [7, 11) is 8.07. The minimum Gasteiger partial charge on any atom is -0.378 e. The Morgan fingerprint density at radius 1 is 0.821 bits per heavy atom. The highest BCUT2D eigenvalue weighted by Gasteiger charge is 2.24. The summed E-state index contributed by atoms with van der Waals surface area (Å²) >= 11 is 1.70. The predicted octanol–water partition coefficient (Wildman–Crippen LogP) is 5.26. The van der Waals surface area contributed by atoms with Crippen LogP contribution in [0.1, 0.15) is 15.9 Å². The van der Waals surface area contributed by atoms with Crippen LogP contribution in [0.2, 0.25) is 0 Å². The zero-order valence-corrected chi connectivity index (χ0v) is 17.3. The maximum absolute atomic E-state index is 13.3. The van der Waals surface area contributed by atoms with E-state index in [0.29, 0.717) is 11.1 Å². The molecule has 1 aliphatic rings. The van der Waals surface area contributed by atoms with Crippen LogP contribution in [0.4, 0.5) is 22.7 Å². The molecule has 0 atom stereocenters. The van der Waals surface area contributed by atoms with Crippen LogP contribution in [0, 0.1) is 0 Å². The molecule has 1 heterocycles. The van der Waals surface area contributed by atoms with Gasteiger partial charge in [0, 0.05) is 60.5 Å². The van der Waals surface area contributed by atoms with Crippen molar-refractivity contribution in [1.82, 2.24) is 0 Å². The summed E-state index contributed by atoms with van der Waals surface area (Å²) in [6.45, 7) is 0. The Bertz CT molecular complexity index is 1050. The Morgan fingerprint density at radius 3 is 2.18 bits per heavy atom. The van der Waals surface area contributed by atoms with Crippen LogP contribution in [0.15, 0.2) is 70.5 Å². The van der Waals surface area contributed by atoms with Crippen molar-refractivity contribution in [3.8, 4) is 0 Å². The summed E-state index contributed by atoms with van der Waals surface area (Å²) in [6, 6.07) is 19.9. The van der Waals surface area contributed by atoms with Crippen molar-refractivity contribution < 1.29 is 4.79 Å². The topological polar surface area (TPSA) is 35.6 Å². The van der Waals surface area contributed by atoms with Crippen molar-refractivity contribution in [3.63, 3.8) is 0 Å². The zero-order valence-electron chi connectivity index (χ0n) is 16.5. The molecule has 1 aliphatic heterocycles. The fraction of sp³-hybridized carbons (Fsp3) is 0.174. The van der Waals surface area contributed by atoms with Gasteiger partial charge in [-0.1, -0.05) is 42.1 Å². The van der Waals surface area contributed by atoms with Crippen molar-refractivity contribution in [1.29, 1.82) is 0 Å². The van der Waals surface area contributed by atoms with E-state index in [1.807, 2.05) is 69.5 Å². The first-order valence-corrected chi connectivity index (χ1v) is 9.97. The van der Waals surface area contributed by atoms with Gasteiger partial charge in [0.1, 0.15) is 0 Å². The Morgan fingerprint density at radius 2 is 1.50 bits per heavy atom. The van der Waals surface area contributed by atoms with E-state index in [4.69, 9.17) is 0 Å². The number of hydrogen-bond donors (Lipinski definition) is 1. The van der Waals surface area contributed by atoms with Crippen molar-refractivity contribution in [2.75, 3.05) is 43.3 Å². The number of benzene rings is 3. The fourth-order valence-corrected chi connectivity index (χ4v) is 4.31. The summed E-state index contributed by atoms with van der Waals surface area (Å²) < 4.78 is 0. The SMILES string of the molecule is CN(C)c1ccc2c(c1)Sc1cc(N(C)C)cc(C(=O)c3ccccc3)c1N2. The van der Waals surface area contributed by atoms with E-state index in [0.717, 1.165) is 32.5 Å². The number of hydrogen-bond acceptors (Lipinski definition) is 5. The number of anilines is 4. The Kier molecular flexibility index (Phi) is 4.77. The highest BCUT2D eigenvalue weighted by atomic mass is 32.2. The second kappa shape index (κ2) is 7.24. The van der Waals surface area contributed by atoms with Crippen LogP contribution in [0.5, 0.6) is 0 Å². The molecule has 4 rings (SSSR count). The number of nitrogens with zero attached hydrogens (tertiary/aromatic N) is 2. The Labute approximate surface area is 170 Å². The van der Waals surface area contributed by atoms with Gasteiger partial charge in [0.05, 0.1) is 11.4 Å². The van der Waals surface area contributed by atoms with Gasteiger partial charge in [0.15, 0.2) is 5.78 Å². The lowest BCUT2D eigenvalue weighted by molar-refractivity contribution is 0.103. The monoisotopic (exact) mass is 389 g/mol. The zero-order chi connectivity index (χ0) is 19.8. The van der Waals surface area contributed by atoms with E-state index in [1.54, 1.807) is 11.8 Å². The molecule has 0 radical (unpaired) electrons. The number of nitrogens with one attached hydrogen (secondary N) is 1. The molecule has 0 aromatic heterocycles. The lowest BCUT2D eigenvalue weighted by Gasteiger charge is -2.26. The lowest BCUT2D eigenvalue weighted by atomic mass is 10.00. The van der Waals surface area contributed by atoms with Gasteiger partial charge in [-0.05, 0) is 30.3 Å². The summed E-state index contributed by atoms with van der Waals surface area (Å²) in [5.74, 6) is 0.0296. The molecule has 3 aromatic carbocycles. The van der Waals surface area contributed by atoms with Crippen LogP contribution in [0.3, 0.4) is 0 Å². The second-order valence-corrected chi connectivity index (χ2v) is 8.34. The fourth-order valence-electron chi connectivity index (χ4n) is 3.22. The van der Waals surface area contributed by atoms with E-state index in [9.17, 15) is 4.79 Å². The molecular weight excluding hydrogens is 366 g/mol. The standard InChI is InChI=1S/C23H23N3OS/c1-25(2)16-10-11-19-20(13-16)28-21-14-17(26(3)4)12-18(22(21)24-19)23(27)15-8-6-5-7-9-15/h5-14,24H,1-4H3. The first-order chi connectivity index (χ1) is 13.4. The molecule has 0 amide bonds. The third-order valence-electron chi connectivity index (χ3n) is 4.85. The molecule has 0 saturated carbocycles. The van der Waals surface area contributed by atoms with Crippen molar-refractivity contribution >= 4 is 40.3 Å². The minimum atomic E-state index is 0.0296. The number of carbonyl (C=O) groups is 1. The van der Waals surface area contributed by atoms with Gasteiger partial charge in [-0.15, -0.1) is 0 Å². The Balaban J connectivity index is 1.83. The maximum atomic E-state index is 13.3. The minimum absolute atomic E-state index is 0.0296. The third kappa shape index (κ3) is 3.34. The highest BCUT2D eigenvalue weighted by Crippen LogP contribution is 2.48. The number of rotatable bonds is 4. The molecule has 4 nitrogen and oxygen atoms in total. The lowest BCUT2D eigenvalue weighted by Crippen LogP contribution is -2.14.